The summed E-state index contributed by atoms with van der Waals surface area (Å²) < 4.78 is 10.3. The highest BCUT2D eigenvalue weighted by atomic mass is 16.5. The van der Waals surface area contributed by atoms with Gasteiger partial charge in [0.1, 0.15) is 0 Å². The Bertz CT molecular complexity index is 1070. The lowest BCUT2D eigenvalue weighted by atomic mass is 9.82. The van der Waals surface area contributed by atoms with Crippen molar-refractivity contribution in [3.05, 3.63) is 82.1 Å². The first kappa shape index (κ1) is 15.9. The van der Waals surface area contributed by atoms with Crippen LogP contribution in [0.2, 0.25) is 0 Å². The number of carbonyl (C=O) groups excluding carboxylic acids is 3. The molecule has 7 nitrogen and oxygen atoms in total. The number of rotatable bonds is 3. The molecule has 4 rings (SSSR count). The Balaban J connectivity index is 1.70. The van der Waals surface area contributed by atoms with Crippen molar-refractivity contribution in [3.8, 4) is 0 Å². The summed E-state index contributed by atoms with van der Waals surface area (Å²) in [7, 11) is 0. The number of aryl methyl sites for hydroxylation is 1. The molecule has 3 aromatic rings. The van der Waals surface area contributed by atoms with E-state index in [1.807, 2.05) is 0 Å². The first-order chi connectivity index (χ1) is 12.6. The topological polar surface area (TPSA) is 99.4 Å². The molecule has 1 aromatic heterocycles. The fraction of sp³-hybridized carbons (Fsp3) is 0.105. The van der Waals surface area contributed by atoms with Crippen LogP contribution in [0.3, 0.4) is 0 Å². The lowest BCUT2D eigenvalue weighted by Crippen LogP contribution is -2.24. The van der Waals surface area contributed by atoms with E-state index in [2.05, 4.69) is 10.2 Å². The summed E-state index contributed by atoms with van der Waals surface area (Å²) >= 11 is 0. The van der Waals surface area contributed by atoms with Crippen molar-refractivity contribution in [3.63, 3.8) is 0 Å². The van der Waals surface area contributed by atoms with Gasteiger partial charge < -0.3 is 9.15 Å². The Morgan fingerprint density at radius 1 is 0.962 bits per heavy atom. The van der Waals surface area contributed by atoms with Gasteiger partial charge in [-0.1, -0.05) is 36.4 Å². The van der Waals surface area contributed by atoms with Gasteiger partial charge in [0.25, 0.3) is 5.89 Å². The number of nitrogens with zero attached hydrogens (tertiary/aromatic N) is 2. The lowest BCUT2D eigenvalue weighted by Gasteiger charge is -2.19. The van der Waals surface area contributed by atoms with E-state index < -0.39 is 5.97 Å². The zero-order valence-corrected chi connectivity index (χ0v) is 13.7. The third kappa shape index (κ3) is 2.50. The van der Waals surface area contributed by atoms with Gasteiger partial charge >= 0.3 is 5.97 Å². The summed E-state index contributed by atoms with van der Waals surface area (Å²) in [5.41, 5.74) is 0.890. The van der Waals surface area contributed by atoms with Gasteiger partial charge in [-0.05, 0) is 6.07 Å². The minimum absolute atomic E-state index is 0.0339. The van der Waals surface area contributed by atoms with Crippen LogP contribution in [0.1, 0.15) is 54.0 Å². The summed E-state index contributed by atoms with van der Waals surface area (Å²) in [6.07, 6.45) is 0. The van der Waals surface area contributed by atoms with Crippen molar-refractivity contribution >= 4 is 17.5 Å². The smallest absolute Gasteiger partial charge is 0.339 e. The molecule has 0 N–H and O–H groups in total. The van der Waals surface area contributed by atoms with Crippen LogP contribution in [0, 0.1) is 6.92 Å². The summed E-state index contributed by atoms with van der Waals surface area (Å²) in [5, 5.41) is 7.39. The second-order valence-corrected chi connectivity index (χ2v) is 5.72. The highest BCUT2D eigenvalue weighted by Crippen LogP contribution is 2.29. The maximum Gasteiger partial charge on any atom is 0.339 e. The van der Waals surface area contributed by atoms with Crippen LogP contribution < -0.4 is 0 Å². The molecular formula is C19H12N2O5. The van der Waals surface area contributed by atoms with Gasteiger partial charge in [0.05, 0.1) is 5.56 Å². The normalized spacial score (nSPS) is 12.5. The van der Waals surface area contributed by atoms with E-state index in [1.165, 1.54) is 12.1 Å². The van der Waals surface area contributed by atoms with Crippen molar-refractivity contribution in [2.45, 2.75) is 13.5 Å². The molecule has 1 aliphatic carbocycles. The quantitative estimate of drug-likeness (QED) is 0.524. The van der Waals surface area contributed by atoms with E-state index >= 15 is 0 Å². The minimum atomic E-state index is -0.738. The van der Waals surface area contributed by atoms with Crippen LogP contribution >= 0.6 is 0 Å². The minimum Gasteiger partial charge on any atom is -0.452 e. The van der Waals surface area contributed by atoms with Gasteiger partial charge in [0.15, 0.2) is 18.2 Å². The molecule has 0 unspecified atom stereocenters. The van der Waals surface area contributed by atoms with Crippen molar-refractivity contribution < 1.29 is 23.5 Å². The predicted octanol–water partition coefficient (Wildman–Crippen LogP) is 2.51. The van der Waals surface area contributed by atoms with Gasteiger partial charge in [-0.25, -0.2) is 4.79 Å². The lowest BCUT2D eigenvalue weighted by molar-refractivity contribution is 0.0434. The zero-order valence-electron chi connectivity index (χ0n) is 13.7. The number of ketones is 2. The second-order valence-electron chi connectivity index (χ2n) is 5.72. The number of aromatic nitrogens is 2. The number of esters is 1. The number of benzene rings is 2. The SMILES string of the molecule is Cc1nnc(COC(=O)c2cccc3c2C(=O)c2ccccc2C3=O)o1. The second kappa shape index (κ2) is 6.03. The molecule has 0 radical (unpaired) electrons. The van der Waals surface area contributed by atoms with E-state index in [1.54, 1.807) is 37.3 Å². The average molecular weight is 348 g/mol. The van der Waals surface area contributed by atoms with Crippen LogP contribution in [0.5, 0.6) is 0 Å². The van der Waals surface area contributed by atoms with Crippen LogP contribution in [-0.4, -0.2) is 27.7 Å². The first-order valence-electron chi connectivity index (χ1n) is 7.84. The summed E-state index contributed by atoms with van der Waals surface area (Å²) in [4.78, 5) is 38.0. The van der Waals surface area contributed by atoms with E-state index in [0.29, 0.717) is 11.5 Å². The van der Waals surface area contributed by atoms with Gasteiger partial charge in [0, 0.05) is 29.2 Å². The fourth-order valence-electron chi connectivity index (χ4n) is 2.92. The Hall–Kier alpha value is -3.61. The molecule has 0 aliphatic heterocycles. The maximum atomic E-state index is 12.9. The summed E-state index contributed by atoms with van der Waals surface area (Å²) in [5.74, 6) is -0.911. The predicted molar refractivity (Wildman–Crippen MR) is 87.9 cm³/mol. The standard InChI is InChI=1S/C19H12N2O5/c1-10-20-21-15(26-10)9-25-19(24)14-8-4-7-13-16(14)18(23)12-6-3-2-5-11(12)17(13)22/h2-8H,9H2,1H3. The zero-order chi connectivity index (χ0) is 18.3. The van der Waals surface area contributed by atoms with Crippen molar-refractivity contribution in [1.82, 2.24) is 10.2 Å². The molecule has 0 fully saturated rings. The number of hydrogen-bond acceptors (Lipinski definition) is 7. The van der Waals surface area contributed by atoms with Gasteiger partial charge in [0.2, 0.25) is 5.89 Å². The number of ether oxygens (including phenoxy) is 1. The van der Waals surface area contributed by atoms with E-state index in [0.717, 1.165) is 0 Å². The fourth-order valence-corrected chi connectivity index (χ4v) is 2.92. The third-order valence-electron chi connectivity index (χ3n) is 4.07. The monoisotopic (exact) mass is 348 g/mol. The highest BCUT2D eigenvalue weighted by molar-refractivity contribution is 6.30. The molecule has 0 saturated heterocycles. The Morgan fingerprint density at radius 3 is 2.35 bits per heavy atom. The van der Waals surface area contributed by atoms with E-state index in [9.17, 15) is 14.4 Å². The molecule has 1 aliphatic rings. The number of fused-ring (bicyclic) bond motifs is 2. The summed E-state index contributed by atoms with van der Waals surface area (Å²) in [6.45, 7) is 1.40. The molecule has 0 spiro atoms. The molecular weight excluding hydrogens is 336 g/mol. The van der Waals surface area contributed by atoms with Gasteiger partial charge in [-0.15, -0.1) is 10.2 Å². The summed E-state index contributed by atoms with van der Waals surface area (Å²) in [6, 6.07) is 11.1. The van der Waals surface area contributed by atoms with Gasteiger partial charge in [-0.2, -0.15) is 0 Å². The van der Waals surface area contributed by atoms with Crippen molar-refractivity contribution in [1.29, 1.82) is 0 Å². The Kier molecular flexibility index (Phi) is 3.69. The first-order valence-corrected chi connectivity index (χ1v) is 7.84. The number of hydrogen-bond donors (Lipinski definition) is 0. The molecule has 0 saturated carbocycles. The van der Waals surface area contributed by atoms with Crippen molar-refractivity contribution in [2.24, 2.45) is 0 Å². The highest BCUT2D eigenvalue weighted by Gasteiger charge is 2.33. The Morgan fingerprint density at radius 2 is 1.65 bits per heavy atom. The van der Waals surface area contributed by atoms with Crippen LogP contribution in [0.4, 0.5) is 0 Å². The van der Waals surface area contributed by atoms with Gasteiger partial charge in [-0.3, -0.25) is 9.59 Å². The molecule has 26 heavy (non-hydrogen) atoms. The largest absolute Gasteiger partial charge is 0.452 e. The van der Waals surface area contributed by atoms with Crippen LogP contribution in [-0.2, 0) is 11.3 Å². The molecule has 0 atom stereocenters. The molecule has 128 valence electrons. The van der Waals surface area contributed by atoms with Crippen LogP contribution in [0.15, 0.2) is 46.9 Å². The molecule has 1 heterocycles. The average Bonchev–Trinajstić information content (AvgIpc) is 3.09. The van der Waals surface area contributed by atoms with Crippen LogP contribution in [0.25, 0.3) is 0 Å². The van der Waals surface area contributed by atoms with Crippen molar-refractivity contribution in [2.75, 3.05) is 0 Å². The molecule has 0 amide bonds. The number of carbonyl (C=O) groups is 3. The molecule has 0 bridgehead atoms. The maximum absolute atomic E-state index is 12.9. The van der Waals surface area contributed by atoms with E-state index in [4.69, 9.17) is 9.15 Å². The molecule has 7 heteroatoms. The molecule has 2 aromatic carbocycles. The Labute approximate surface area is 147 Å². The third-order valence-corrected chi connectivity index (χ3v) is 4.07. The van der Waals surface area contributed by atoms with E-state index in [-0.39, 0.29) is 46.3 Å².